The highest BCUT2D eigenvalue weighted by molar-refractivity contribution is 6.03. The Balaban J connectivity index is 1.77. The molecule has 42 heavy (non-hydrogen) atoms. The fourth-order valence-corrected chi connectivity index (χ4v) is 4.88. The number of nitrogens with zero attached hydrogens (tertiary/aromatic N) is 2. The van der Waals surface area contributed by atoms with E-state index in [2.05, 4.69) is 10.3 Å². The van der Waals surface area contributed by atoms with Gasteiger partial charge in [0.1, 0.15) is 23.1 Å². The number of ether oxygens (including phenoxy) is 2. The Labute approximate surface area is 241 Å². The number of alkyl halides is 3. The molecular weight excluding hydrogens is 547 g/mol. The van der Waals surface area contributed by atoms with Crippen molar-refractivity contribution in [1.29, 1.82) is 0 Å². The maximum Gasteiger partial charge on any atom is 0.416 e. The third kappa shape index (κ3) is 5.88. The van der Waals surface area contributed by atoms with Gasteiger partial charge in [-0.3, -0.25) is 9.59 Å². The molecule has 3 aromatic carbocycles. The fraction of sp³-hybridized carbons (Fsp3) is 0.281. The highest BCUT2D eigenvalue weighted by Gasteiger charge is 2.41. The lowest BCUT2D eigenvalue weighted by molar-refractivity contribution is -0.138. The van der Waals surface area contributed by atoms with Crippen LogP contribution in [-0.2, 0) is 17.5 Å². The summed E-state index contributed by atoms with van der Waals surface area (Å²) in [5.74, 6) is -0.752. The Morgan fingerprint density at radius 3 is 2.38 bits per heavy atom. The van der Waals surface area contributed by atoms with Gasteiger partial charge in [0.15, 0.2) is 0 Å². The minimum absolute atomic E-state index is 0.00922. The van der Waals surface area contributed by atoms with Gasteiger partial charge in [-0.25, -0.2) is 4.98 Å². The van der Waals surface area contributed by atoms with E-state index >= 15 is 0 Å². The molecule has 0 saturated carbocycles. The summed E-state index contributed by atoms with van der Waals surface area (Å²) >= 11 is 0. The SMILES string of the molecule is COc1ccc(CN2C(=O)c3cc4ccc(C)cc4nc3Oc3ccc(C(F)(F)F)cc3C2C(=O)NC(C)(C)C)cc1. The Kier molecular flexibility index (Phi) is 7.34. The minimum Gasteiger partial charge on any atom is -0.497 e. The summed E-state index contributed by atoms with van der Waals surface area (Å²) in [5, 5.41) is 3.52. The average molecular weight is 578 g/mol. The number of halogens is 3. The maximum atomic E-state index is 14.4. The first-order valence-corrected chi connectivity index (χ1v) is 13.3. The number of pyridine rings is 1. The van der Waals surface area contributed by atoms with E-state index in [1.807, 2.05) is 25.1 Å². The number of aryl methyl sites for hydroxylation is 1. The number of carbonyl (C=O) groups excluding carboxylic acids is 2. The van der Waals surface area contributed by atoms with Crippen LogP contribution in [0.1, 0.15) is 59.4 Å². The predicted octanol–water partition coefficient (Wildman–Crippen LogP) is 6.97. The number of carbonyl (C=O) groups is 2. The van der Waals surface area contributed by atoms with Gasteiger partial charge in [0.25, 0.3) is 5.91 Å². The smallest absolute Gasteiger partial charge is 0.416 e. The summed E-state index contributed by atoms with van der Waals surface area (Å²) in [6.45, 7) is 7.06. The van der Waals surface area contributed by atoms with Gasteiger partial charge in [0.05, 0.1) is 18.2 Å². The van der Waals surface area contributed by atoms with Crippen LogP contribution in [0.25, 0.3) is 10.9 Å². The van der Waals surface area contributed by atoms with E-state index in [0.29, 0.717) is 22.2 Å². The molecule has 0 saturated heterocycles. The number of hydrogen-bond acceptors (Lipinski definition) is 5. The van der Waals surface area contributed by atoms with E-state index in [0.717, 1.165) is 17.7 Å². The minimum atomic E-state index is -4.70. The topological polar surface area (TPSA) is 80.8 Å². The molecule has 0 aliphatic carbocycles. The molecule has 1 unspecified atom stereocenters. The molecule has 0 spiro atoms. The Hall–Kier alpha value is -4.60. The molecule has 0 bridgehead atoms. The number of aromatic nitrogens is 1. The number of amides is 2. The van der Waals surface area contributed by atoms with E-state index in [1.54, 1.807) is 51.1 Å². The number of nitrogens with one attached hydrogen (secondary N) is 1. The molecule has 0 fully saturated rings. The van der Waals surface area contributed by atoms with Crippen molar-refractivity contribution in [3.63, 3.8) is 0 Å². The van der Waals surface area contributed by atoms with Crippen LogP contribution in [0, 0.1) is 6.92 Å². The molecule has 7 nitrogen and oxygen atoms in total. The molecule has 2 heterocycles. The highest BCUT2D eigenvalue weighted by atomic mass is 19.4. The molecule has 1 atom stereocenters. The molecule has 10 heteroatoms. The summed E-state index contributed by atoms with van der Waals surface area (Å²) < 4.78 is 53.1. The van der Waals surface area contributed by atoms with E-state index < -0.39 is 35.1 Å². The summed E-state index contributed by atoms with van der Waals surface area (Å²) in [5.41, 5.74) is 0.382. The van der Waals surface area contributed by atoms with Crippen molar-refractivity contribution in [1.82, 2.24) is 15.2 Å². The Morgan fingerprint density at radius 1 is 1.02 bits per heavy atom. The first kappa shape index (κ1) is 28.9. The van der Waals surface area contributed by atoms with Gasteiger partial charge >= 0.3 is 6.18 Å². The maximum absolute atomic E-state index is 14.4. The normalized spacial score (nSPS) is 15.3. The van der Waals surface area contributed by atoms with Gasteiger partial charge in [-0.05, 0) is 81.3 Å². The summed E-state index contributed by atoms with van der Waals surface area (Å²) in [6, 6.07) is 15.5. The standard InChI is InChI=1S/C32H30F3N3O4/c1-18-6-9-20-15-24-29(36-25(20)14-18)42-26-13-10-21(32(33,34)35)16-23(26)27(28(39)37-31(2,3)4)38(30(24)40)17-19-7-11-22(41-5)12-8-19/h6-16,27H,17H2,1-5H3,(H,37,39). The van der Waals surface area contributed by atoms with Gasteiger partial charge in [-0.15, -0.1) is 0 Å². The van der Waals surface area contributed by atoms with Crippen molar-refractivity contribution >= 4 is 22.7 Å². The molecule has 1 aliphatic heterocycles. The van der Waals surface area contributed by atoms with Crippen LogP contribution < -0.4 is 14.8 Å². The Bertz CT molecular complexity index is 1680. The molecule has 1 aromatic heterocycles. The van der Waals surface area contributed by atoms with Gasteiger partial charge in [-0.2, -0.15) is 13.2 Å². The van der Waals surface area contributed by atoms with Crippen LogP contribution in [0.5, 0.6) is 17.4 Å². The number of fused-ring (bicyclic) bond motifs is 3. The average Bonchev–Trinajstić information content (AvgIpc) is 2.91. The summed E-state index contributed by atoms with van der Waals surface area (Å²) in [7, 11) is 1.52. The van der Waals surface area contributed by atoms with Crippen molar-refractivity contribution < 1.29 is 32.2 Å². The van der Waals surface area contributed by atoms with Gasteiger partial charge in [0, 0.05) is 23.0 Å². The molecule has 218 valence electrons. The molecule has 0 radical (unpaired) electrons. The van der Waals surface area contributed by atoms with Crippen LogP contribution in [0.3, 0.4) is 0 Å². The van der Waals surface area contributed by atoms with Gasteiger partial charge < -0.3 is 19.7 Å². The van der Waals surface area contributed by atoms with E-state index in [1.165, 1.54) is 18.1 Å². The number of benzene rings is 3. The van der Waals surface area contributed by atoms with Crippen molar-refractivity contribution in [3.8, 4) is 17.4 Å². The fourth-order valence-electron chi connectivity index (χ4n) is 4.88. The summed E-state index contributed by atoms with van der Waals surface area (Å²) in [6.07, 6.45) is -4.70. The highest BCUT2D eigenvalue weighted by Crippen LogP contribution is 2.42. The van der Waals surface area contributed by atoms with Crippen molar-refractivity contribution in [3.05, 3.63) is 94.5 Å². The number of methoxy groups -OCH3 is 1. The third-order valence-corrected chi connectivity index (χ3v) is 6.84. The summed E-state index contributed by atoms with van der Waals surface area (Å²) in [4.78, 5) is 34.2. The predicted molar refractivity (Wildman–Crippen MR) is 152 cm³/mol. The van der Waals surface area contributed by atoms with E-state index in [4.69, 9.17) is 9.47 Å². The second-order valence-electron chi connectivity index (χ2n) is 11.3. The van der Waals surface area contributed by atoms with Gasteiger partial charge in [-0.1, -0.05) is 24.3 Å². The molecule has 1 aliphatic rings. The largest absolute Gasteiger partial charge is 0.497 e. The van der Waals surface area contributed by atoms with Crippen LogP contribution in [0.2, 0.25) is 0 Å². The van der Waals surface area contributed by atoms with Crippen molar-refractivity contribution in [2.75, 3.05) is 7.11 Å². The van der Waals surface area contributed by atoms with E-state index in [-0.39, 0.29) is 29.3 Å². The lowest BCUT2D eigenvalue weighted by Crippen LogP contribution is -2.49. The molecule has 5 rings (SSSR count). The molecule has 2 amide bonds. The monoisotopic (exact) mass is 577 g/mol. The Morgan fingerprint density at radius 2 is 1.74 bits per heavy atom. The second-order valence-corrected chi connectivity index (χ2v) is 11.3. The van der Waals surface area contributed by atoms with Crippen LogP contribution in [-0.4, -0.2) is 34.3 Å². The van der Waals surface area contributed by atoms with Crippen LogP contribution in [0.15, 0.2) is 66.7 Å². The number of hydrogen-bond donors (Lipinski definition) is 1. The second kappa shape index (κ2) is 10.7. The quantitative estimate of drug-likeness (QED) is 0.283. The number of rotatable bonds is 4. The van der Waals surface area contributed by atoms with Crippen molar-refractivity contribution in [2.45, 2.75) is 52.0 Å². The van der Waals surface area contributed by atoms with Crippen molar-refractivity contribution in [2.24, 2.45) is 0 Å². The first-order chi connectivity index (χ1) is 19.7. The molecule has 4 aromatic rings. The zero-order valence-corrected chi connectivity index (χ0v) is 23.8. The first-order valence-electron chi connectivity index (χ1n) is 13.3. The molecule has 1 N–H and O–H groups in total. The van der Waals surface area contributed by atoms with E-state index in [9.17, 15) is 22.8 Å². The zero-order chi connectivity index (χ0) is 30.4. The zero-order valence-electron chi connectivity index (χ0n) is 23.8. The lowest BCUT2D eigenvalue weighted by Gasteiger charge is -2.36. The van der Waals surface area contributed by atoms with Crippen LogP contribution >= 0.6 is 0 Å². The third-order valence-electron chi connectivity index (χ3n) is 6.84. The lowest BCUT2D eigenvalue weighted by atomic mass is 9.96. The van der Waals surface area contributed by atoms with Crippen LogP contribution in [0.4, 0.5) is 13.2 Å². The molecular formula is C32H30F3N3O4. The van der Waals surface area contributed by atoms with Gasteiger partial charge in [0.2, 0.25) is 11.8 Å².